The molecule has 0 radical (unpaired) electrons. The van der Waals surface area contributed by atoms with Crippen molar-refractivity contribution < 1.29 is 21.6 Å². The lowest BCUT2D eigenvalue weighted by molar-refractivity contribution is 0.152. The van der Waals surface area contributed by atoms with Gasteiger partial charge in [-0.05, 0) is 55.8 Å². The van der Waals surface area contributed by atoms with Crippen molar-refractivity contribution in [2.45, 2.75) is 45.6 Å². The van der Waals surface area contributed by atoms with E-state index in [-0.39, 0.29) is 12.3 Å². The highest BCUT2D eigenvalue weighted by Gasteiger charge is 2.29. The van der Waals surface area contributed by atoms with Crippen LogP contribution < -0.4 is 9.46 Å². The van der Waals surface area contributed by atoms with Crippen molar-refractivity contribution in [3.8, 4) is 5.75 Å². The Kier molecular flexibility index (Phi) is 8.59. The molecule has 1 unspecified atom stereocenters. The number of nitrogens with one attached hydrogen (secondary N) is 1. The van der Waals surface area contributed by atoms with Crippen LogP contribution in [-0.2, 0) is 32.9 Å². The van der Waals surface area contributed by atoms with Gasteiger partial charge in [0.25, 0.3) is 0 Å². The zero-order valence-corrected chi connectivity index (χ0v) is 21.1. The molecule has 0 spiro atoms. The van der Waals surface area contributed by atoms with Crippen LogP contribution in [0.15, 0.2) is 18.2 Å². The Morgan fingerprint density at radius 2 is 1.94 bits per heavy atom. The topological polar surface area (TPSA) is 96.0 Å². The standard InChI is InChI=1S/C22H37N3O5S2/c1-4-24(18(2)15-20-5-6-22-21(16-20)9-13-30-22)17-19-7-11-25(12-8-19)32(28,29)14-10-23-31(3,26)27/h5-6,16,18-19,23H,4,7-15,17H2,1-3H3. The number of hydrogen-bond donors (Lipinski definition) is 1. The van der Waals surface area contributed by atoms with Gasteiger partial charge in [-0.1, -0.05) is 19.1 Å². The Hall–Kier alpha value is -1.20. The first kappa shape index (κ1) is 25.4. The molecule has 2 heterocycles. The van der Waals surface area contributed by atoms with Crippen LogP contribution in [-0.4, -0.2) is 83.4 Å². The average Bonchev–Trinajstić information content (AvgIpc) is 3.19. The molecule has 32 heavy (non-hydrogen) atoms. The third kappa shape index (κ3) is 7.15. The maximum absolute atomic E-state index is 12.5. The molecule has 1 aromatic carbocycles. The monoisotopic (exact) mass is 487 g/mol. The van der Waals surface area contributed by atoms with Crippen molar-refractivity contribution in [2.24, 2.45) is 5.92 Å². The second-order valence-electron chi connectivity index (χ2n) is 9.01. The molecule has 0 saturated carbocycles. The van der Waals surface area contributed by atoms with Crippen LogP contribution >= 0.6 is 0 Å². The summed E-state index contributed by atoms with van der Waals surface area (Å²) >= 11 is 0. The Labute approximate surface area is 193 Å². The van der Waals surface area contributed by atoms with E-state index in [0.29, 0.717) is 25.0 Å². The van der Waals surface area contributed by atoms with Gasteiger partial charge in [0.2, 0.25) is 20.0 Å². The van der Waals surface area contributed by atoms with E-state index in [2.05, 4.69) is 41.7 Å². The highest BCUT2D eigenvalue weighted by Crippen LogP contribution is 2.27. The summed E-state index contributed by atoms with van der Waals surface area (Å²) in [5, 5.41) is 0. The number of hydrogen-bond acceptors (Lipinski definition) is 6. The number of ether oxygens (including phenoxy) is 1. The molecular weight excluding hydrogens is 450 g/mol. The molecule has 2 aliphatic rings. The van der Waals surface area contributed by atoms with Crippen LogP contribution in [0.3, 0.4) is 0 Å². The summed E-state index contributed by atoms with van der Waals surface area (Å²) < 4.78 is 56.7. The second-order valence-corrected chi connectivity index (χ2v) is 12.9. The van der Waals surface area contributed by atoms with Crippen LogP contribution in [0.1, 0.15) is 37.8 Å². The minimum atomic E-state index is -3.44. The van der Waals surface area contributed by atoms with E-state index in [9.17, 15) is 16.8 Å². The average molecular weight is 488 g/mol. The molecule has 10 heteroatoms. The van der Waals surface area contributed by atoms with Gasteiger partial charge in [0.15, 0.2) is 0 Å². The molecule has 1 atom stereocenters. The minimum absolute atomic E-state index is 0.0863. The van der Waals surface area contributed by atoms with E-state index in [1.807, 2.05) is 0 Å². The van der Waals surface area contributed by atoms with Gasteiger partial charge >= 0.3 is 0 Å². The van der Waals surface area contributed by atoms with Crippen molar-refractivity contribution in [3.05, 3.63) is 29.3 Å². The minimum Gasteiger partial charge on any atom is -0.493 e. The van der Waals surface area contributed by atoms with Gasteiger partial charge in [-0.3, -0.25) is 0 Å². The van der Waals surface area contributed by atoms with Gasteiger partial charge in [0, 0.05) is 38.6 Å². The lowest BCUT2D eigenvalue weighted by Gasteiger charge is -2.36. The Balaban J connectivity index is 1.47. The van der Waals surface area contributed by atoms with Crippen molar-refractivity contribution in [3.63, 3.8) is 0 Å². The fourth-order valence-electron chi connectivity index (χ4n) is 4.64. The predicted octanol–water partition coefficient (Wildman–Crippen LogP) is 1.47. The van der Waals surface area contributed by atoms with E-state index in [1.165, 1.54) is 15.4 Å². The smallest absolute Gasteiger partial charge is 0.215 e. The maximum atomic E-state index is 12.5. The first-order valence-electron chi connectivity index (χ1n) is 11.5. The van der Waals surface area contributed by atoms with E-state index in [0.717, 1.165) is 57.4 Å². The molecule has 182 valence electrons. The molecule has 1 saturated heterocycles. The predicted molar refractivity (Wildman–Crippen MR) is 127 cm³/mol. The number of likely N-dealkylation sites (N-methyl/N-ethyl adjacent to an activating group) is 1. The van der Waals surface area contributed by atoms with Gasteiger partial charge in [-0.15, -0.1) is 0 Å². The van der Waals surface area contributed by atoms with Crippen molar-refractivity contribution in [2.75, 3.05) is 51.3 Å². The Bertz CT molecular complexity index is 973. The SMILES string of the molecule is CCN(CC1CCN(S(=O)(=O)CCNS(C)(=O)=O)CC1)C(C)Cc1ccc2c(c1)CCO2. The number of nitrogens with zero attached hydrogens (tertiary/aromatic N) is 2. The number of piperidine rings is 1. The van der Waals surface area contributed by atoms with Gasteiger partial charge in [0.1, 0.15) is 5.75 Å². The highest BCUT2D eigenvalue weighted by molar-refractivity contribution is 7.89. The number of sulfonamides is 2. The van der Waals surface area contributed by atoms with Crippen LogP contribution in [0, 0.1) is 5.92 Å². The summed E-state index contributed by atoms with van der Waals surface area (Å²) in [5.74, 6) is 1.28. The molecule has 3 rings (SSSR count). The van der Waals surface area contributed by atoms with Crippen LogP contribution in [0.25, 0.3) is 0 Å². The van der Waals surface area contributed by atoms with E-state index >= 15 is 0 Å². The van der Waals surface area contributed by atoms with Crippen LogP contribution in [0.2, 0.25) is 0 Å². The number of rotatable bonds is 11. The van der Waals surface area contributed by atoms with Crippen molar-refractivity contribution in [1.29, 1.82) is 0 Å². The summed E-state index contributed by atoms with van der Waals surface area (Å²) in [6.07, 6.45) is 4.67. The summed E-state index contributed by atoms with van der Waals surface area (Å²) in [5.41, 5.74) is 2.64. The first-order valence-corrected chi connectivity index (χ1v) is 15.0. The fraction of sp³-hybridized carbons (Fsp3) is 0.727. The van der Waals surface area contributed by atoms with Crippen LogP contribution in [0.4, 0.5) is 0 Å². The van der Waals surface area contributed by atoms with Gasteiger partial charge in [0.05, 0.1) is 18.6 Å². The quantitative estimate of drug-likeness (QED) is 0.508. The summed E-state index contributed by atoms with van der Waals surface area (Å²) in [6, 6.07) is 6.93. The highest BCUT2D eigenvalue weighted by atomic mass is 32.2. The molecule has 0 amide bonds. The fourth-order valence-corrected chi connectivity index (χ4v) is 6.63. The Morgan fingerprint density at radius 1 is 1.22 bits per heavy atom. The first-order chi connectivity index (χ1) is 15.1. The third-order valence-electron chi connectivity index (χ3n) is 6.50. The van der Waals surface area contributed by atoms with Crippen LogP contribution in [0.5, 0.6) is 5.75 Å². The molecule has 0 bridgehead atoms. The summed E-state index contributed by atoms with van der Waals surface area (Å²) in [7, 11) is -6.82. The van der Waals surface area contributed by atoms with Crippen molar-refractivity contribution >= 4 is 20.0 Å². The lowest BCUT2D eigenvalue weighted by atomic mass is 9.96. The van der Waals surface area contributed by atoms with Gasteiger partial charge in [-0.25, -0.2) is 25.9 Å². The molecule has 0 aliphatic carbocycles. The van der Waals surface area contributed by atoms with Gasteiger partial charge < -0.3 is 9.64 Å². The van der Waals surface area contributed by atoms with E-state index < -0.39 is 20.0 Å². The zero-order valence-electron chi connectivity index (χ0n) is 19.4. The summed E-state index contributed by atoms with van der Waals surface area (Å²) in [4.78, 5) is 2.49. The number of fused-ring (bicyclic) bond motifs is 1. The second kappa shape index (κ2) is 10.8. The molecule has 1 fully saturated rings. The molecule has 1 N–H and O–H groups in total. The van der Waals surface area contributed by atoms with E-state index in [1.54, 1.807) is 0 Å². The third-order valence-corrected chi connectivity index (χ3v) is 9.10. The van der Waals surface area contributed by atoms with Crippen molar-refractivity contribution in [1.82, 2.24) is 13.9 Å². The zero-order chi connectivity index (χ0) is 23.4. The maximum Gasteiger partial charge on any atom is 0.215 e. The molecular formula is C22H37N3O5S2. The molecule has 8 nitrogen and oxygen atoms in total. The molecule has 1 aromatic rings. The van der Waals surface area contributed by atoms with Gasteiger partial charge in [-0.2, -0.15) is 0 Å². The summed E-state index contributed by atoms with van der Waals surface area (Å²) in [6.45, 7) is 8.07. The van der Waals surface area contributed by atoms with E-state index in [4.69, 9.17) is 4.74 Å². The number of benzene rings is 1. The lowest BCUT2D eigenvalue weighted by Crippen LogP contribution is -2.45. The normalized spacial score (nSPS) is 19.1. The Morgan fingerprint density at radius 3 is 2.59 bits per heavy atom. The largest absolute Gasteiger partial charge is 0.493 e. The molecule has 2 aliphatic heterocycles. The molecule has 0 aromatic heterocycles.